The summed E-state index contributed by atoms with van der Waals surface area (Å²) in [5.74, 6) is 0.821. The highest BCUT2D eigenvalue weighted by Gasteiger charge is 2.12. The fourth-order valence-electron chi connectivity index (χ4n) is 2.55. The van der Waals surface area contributed by atoms with E-state index in [4.69, 9.17) is 0 Å². The highest BCUT2D eigenvalue weighted by Crippen LogP contribution is 2.22. The topological polar surface area (TPSA) is 20.2 Å². The summed E-state index contributed by atoms with van der Waals surface area (Å²) in [5, 5.41) is 9.67. The maximum atomic E-state index is 9.67. The Kier molecular flexibility index (Phi) is 6.01. The molecule has 0 aliphatic heterocycles. The van der Waals surface area contributed by atoms with Crippen molar-refractivity contribution < 1.29 is 5.11 Å². The average molecular weight is 347 g/mol. The van der Waals surface area contributed by atoms with Gasteiger partial charge in [0.25, 0.3) is 0 Å². The van der Waals surface area contributed by atoms with Gasteiger partial charge in [0.15, 0.2) is 0 Å². The molecule has 0 aliphatic carbocycles. The lowest BCUT2D eigenvalue weighted by atomic mass is 9.92. The lowest BCUT2D eigenvalue weighted by molar-refractivity contribution is 0.225. The zero-order valence-electron chi connectivity index (χ0n) is 12.7. The third-order valence-electron chi connectivity index (χ3n) is 3.90. The molecule has 0 spiro atoms. The molecule has 2 aromatic carbocycles. The van der Waals surface area contributed by atoms with E-state index >= 15 is 0 Å². The van der Waals surface area contributed by atoms with E-state index in [1.165, 1.54) is 16.7 Å². The molecule has 0 radical (unpaired) electrons. The Morgan fingerprint density at radius 3 is 2.19 bits per heavy atom. The number of hydrogen-bond acceptors (Lipinski definition) is 1. The monoisotopic (exact) mass is 346 g/mol. The highest BCUT2D eigenvalue weighted by atomic mass is 79.9. The summed E-state index contributed by atoms with van der Waals surface area (Å²) in [6.07, 6.45) is 1.81. The minimum absolute atomic E-state index is 0.216. The Bertz CT molecular complexity index is 560. The van der Waals surface area contributed by atoms with E-state index in [9.17, 15) is 5.11 Å². The lowest BCUT2D eigenvalue weighted by Gasteiger charge is -2.16. The normalized spacial score (nSPS) is 12.6. The minimum Gasteiger partial charge on any atom is -0.396 e. The fourth-order valence-corrected chi connectivity index (χ4v) is 2.99. The summed E-state index contributed by atoms with van der Waals surface area (Å²) >= 11 is 3.58. The molecule has 0 saturated carbocycles. The van der Waals surface area contributed by atoms with Crippen molar-refractivity contribution in [2.45, 2.75) is 32.6 Å². The van der Waals surface area contributed by atoms with E-state index in [0.29, 0.717) is 5.92 Å². The zero-order chi connectivity index (χ0) is 15.2. The van der Waals surface area contributed by atoms with E-state index in [-0.39, 0.29) is 12.5 Å². The van der Waals surface area contributed by atoms with Crippen LogP contribution in [0.25, 0.3) is 0 Å². The molecule has 0 aromatic heterocycles. The van der Waals surface area contributed by atoms with Gasteiger partial charge in [-0.1, -0.05) is 72.2 Å². The maximum Gasteiger partial charge on any atom is 0.0465 e. The molecule has 0 saturated heterocycles. The molecule has 2 heteroatoms. The second-order valence-electron chi connectivity index (χ2n) is 5.94. The largest absolute Gasteiger partial charge is 0.396 e. The SMILES string of the molecule is CC(C)c1ccc(CC(CO)Cc2ccccc2Br)cc1. The second kappa shape index (κ2) is 7.77. The summed E-state index contributed by atoms with van der Waals surface area (Å²) < 4.78 is 1.12. The molecule has 2 aromatic rings. The number of aliphatic hydroxyl groups is 1. The Morgan fingerprint density at radius 1 is 0.952 bits per heavy atom. The van der Waals surface area contributed by atoms with Gasteiger partial charge in [0.2, 0.25) is 0 Å². The van der Waals surface area contributed by atoms with Crippen molar-refractivity contribution in [3.8, 4) is 0 Å². The molecule has 1 nitrogen and oxygen atoms in total. The molecule has 21 heavy (non-hydrogen) atoms. The van der Waals surface area contributed by atoms with Crippen molar-refractivity contribution in [2.75, 3.05) is 6.61 Å². The van der Waals surface area contributed by atoms with Gasteiger partial charge in [0.1, 0.15) is 0 Å². The summed E-state index contributed by atoms with van der Waals surface area (Å²) in [5.41, 5.74) is 3.92. The fraction of sp³-hybridized carbons (Fsp3) is 0.368. The third-order valence-corrected chi connectivity index (χ3v) is 4.67. The van der Waals surface area contributed by atoms with Gasteiger partial charge in [0, 0.05) is 11.1 Å². The molecule has 0 aliphatic rings. The van der Waals surface area contributed by atoms with Crippen LogP contribution in [0.5, 0.6) is 0 Å². The van der Waals surface area contributed by atoms with Crippen LogP contribution in [0.2, 0.25) is 0 Å². The van der Waals surface area contributed by atoms with E-state index in [2.05, 4.69) is 66.2 Å². The Morgan fingerprint density at radius 2 is 1.62 bits per heavy atom. The van der Waals surface area contributed by atoms with Gasteiger partial charge < -0.3 is 5.11 Å². The van der Waals surface area contributed by atoms with Crippen LogP contribution in [0, 0.1) is 5.92 Å². The van der Waals surface area contributed by atoms with Gasteiger partial charge in [-0.2, -0.15) is 0 Å². The molecule has 0 heterocycles. The van der Waals surface area contributed by atoms with Crippen molar-refractivity contribution in [1.29, 1.82) is 0 Å². The van der Waals surface area contributed by atoms with Crippen LogP contribution in [0.3, 0.4) is 0 Å². The van der Waals surface area contributed by atoms with Gasteiger partial charge in [-0.3, -0.25) is 0 Å². The first-order valence-corrected chi connectivity index (χ1v) is 8.32. The van der Waals surface area contributed by atoms with E-state index in [1.54, 1.807) is 0 Å². The Labute approximate surface area is 136 Å². The third kappa shape index (κ3) is 4.69. The number of rotatable bonds is 6. The van der Waals surface area contributed by atoms with Crippen LogP contribution in [0.15, 0.2) is 53.0 Å². The molecule has 1 N–H and O–H groups in total. The van der Waals surface area contributed by atoms with Crippen LogP contribution in [-0.4, -0.2) is 11.7 Å². The second-order valence-corrected chi connectivity index (χ2v) is 6.80. The first-order valence-electron chi connectivity index (χ1n) is 7.53. The van der Waals surface area contributed by atoms with Gasteiger partial charge >= 0.3 is 0 Å². The summed E-state index contributed by atoms with van der Waals surface area (Å²) in [4.78, 5) is 0. The molecule has 0 fully saturated rings. The van der Waals surface area contributed by atoms with Gasteiger partial charge in [0.05, 0.1) is 0 Å². The standard InChI is InChI=1S/C19H23BrO/c1-14(2)17-9-7-15(8-10-17)11-16(13-21)12-18-5-3-4-6-19(18)20/h3-10,14,16,21H,11-13H2,1-2H3. The molecule has 112 valence electrons. The van der Waals surface area contributed by atoms with Gasteiger partial charge in [-0.05, 0) is 47.4 Å². The maximum absolute atomic E-state index is 9.67. The summed E-state index contributed by atoms with van der Waals surface area (Å²) in [7, 11) is 0. The van der Waals surface area contributed by atoms with Crippen molar-refractivity contribution >= 4 is 15.9 Å². The number of aliphatic hydroxyl groups excluding tert-OH is 1. The van der Waals surface area contributed by atoms with Gasteiger partial charge in [-0.15, -0.1) is 0 Å². The lowest BCUT2D eigenvalue weighted by Crippen LogP contribution is -2.13. The Balaban J connectivity index is 2.03. The van der Waals surface area contributed by atoms with Crippen molar-refractivity contribution in [2.24, 2.45) is 5.92 Å². The molecule has 0 bridgehead atoms. The van der Waals surface area contributed by atoms with E-state index < -0.39 is 0 Å². The molecular formula is C19H23BrO. The Hall–Kier alpha value is -1.12. The average Bonchev–Trinajstić information content (AvgIpc) is 2.49. The number of hydrogen-bond donors (Lipinski definition) is 1. The van der Waals surface area contributed by atoms with E-state index in [0.717, 1.165) is 17.3 Å². The van der Waals surface area contributed by atoms with Gasteiger partial charge in [-0.25, -0.2) is 0 Å². The van der Waals surface area contributed by atoms with Crippen molar-refractivity contribution in [1.82, 2.24) is 0 Å². The van der Waals surface area contributed by atoms with Crippen molar-refractivity contribution in [3.05, 3.63) is 69.7 Å². The first kappa shape index (κ1) is 16.3. The minimum atomic E-state index is 0.216. The van der Waals surface area contributed by atoms with Crippen LogP contribution in [-0.2, 0) is 12.8 Å². The van der Waals surface area contributed by atoms with Crippen LogP contribution in [0.4, 0.5) is 0 Å². The number of halogens is 1. The predicted molar refractivity (Wildman–Crippen MR) is 92.7 cm³/mol. The highest BCUT2D eigenvalue weighted by molar-refractivity contribution is 9.10. The van der Waals surface area contributed by atoms with Crippen LogP contribution >= 0.6 is 15.9 Å². The molecule has 0 amide bonds. The van der Waals surface area contributed by atoms with Crippen LogP contribution in [0.1, 0.15) is 36.5 Å². The summed E-state index contributed by atoms with van der Waals surface area (Å²) in [6, 6.07) is 17.0. The van der Waals surface area contributed by atoms with Crippen molar-refractivity contribution in [3.63, 3.8) is 0 Å². The predicted octanol–water partition coefficient (Wildman–Crippen LogP) is 4.97. The molecule has 1 atom stereocenters. The smallest absolute Gasteiger partial charge is 0.0465 e. The molecule has 2 rings (SSSR count). The molecule has 1 unspecified atom stereocenters. The molecular weight excluding hydrogens is 324 g/mol. The summed E-state index contributed by atoms with van der Waals surface area (Å²) in [6.45, 7) is 4.63. The van der Waals surface area contributed by atoms with E-state index in [1.807, 2.05) is 12.1 Å². The number of benzene rings is 2. The van der Waals surface area contributed by atoms with Crippen LogP contribution < -0.4 is 0 Å². The first-order chi connectivity index (χ1) is 10.1. The quantitative estimate of drug-likeness (QED) is 0.783. The zero-order valence-corrected chi connectivity index (χ0v) is 14.3.